The van der Waals surface area contributed by atoms with Gasteiger partial charge in [-0.15, -0.1) is 0 Å². The summed E-state index contributed by atoms with van der Waals surface area (Å²) in [4.78, 5) is 37.3. The van der Waals surface area contributed by atoms with Crippen LogP contribution in [0.25, 0.3) is 11.0 Å². The average molecular weight is 366 g/mol. The summed E-state index contributed by atoms with van der Waals surface area (Å²) in [5.74, 6) is -1.68. The first kappa shape index (κ1) is 17.3. The van der Waals surface area contributed by atoms with Crippen molar-refractivity contribution >= 4 is 34.4 Å². The first-order valence-electron chi connectivity index (χ1n) is 7.76. The number of carboxylic acids is 1. The largest absolute Gasteiger partial charge is 0.506 e. The molecule has 1 aliphatic heterocycles. The molecule has 2 heterocycles. The molecular formula is C17H16ClNO6. The number of nitrogens with zero attached hydrogens (tertiary/aromatic N) is 1. The lowest BCUT2D eigenvalue weighted by Crippen LogP contribution is -2.41. The molecule has 1 fully saturated rings. The van der Waals surface area contributed by atoms with Gasteiger partial charge in [0.2, 0.25) is 5.91 Å². The zero-order valence-corrected chi connectivity index (χ0v) is 14.2. The Labute approximate surface area is 147 Å². The summed E-state index contributed by atoms with van der Waals surface area (Å²) in [6.07, 6.45) is 0.774. The lowest BCUT2D eigenvalue weighted by atomic mass is 10.0. The van der Waals surface area contributed by atoms with E-state index in [-0.39, 0.29) is 28.3 Å². The van der Waals surface area contributed by atoms with Gasteiger partial charge in [0, 0.05) is 18.0 Å². The Morgan fingerprint density at radius 3 is 2.80 bits per heavy atom. The van der Waals surface area contributed by atoms with Crippen LogP contribution in [-0.4, -0.2) is 39.6 Å². The normalized spacial score (nSPS) is 17.2. The first-order valence-corrected chi connectivity index (χ1v) is 8.14. The van der Waals surface area contributed by atoms with Crippen LogP contribution in [-0.2, 0) is 16.0 Å². The summed E-state index contributed by atoms with van der Waals surface area (Å²) in [7, 11) is 0. The number of carbonyl (C=O) groups is 2. The van der Waals surface area contributed by atoms with Crippen molar-refractivity contribution in [2.24, 2.45) is 0 Å². The number of benzene rings is 1. The van der Waals surface area contributed by atoms with Crippen LogP contribution in [0.5, 0.6) is 5.75 Å². The van der Waals surface area contributed by atoms with Gasteiger partial charge < -0.3 is 19.5 Å². The number of hydrogen-bond donors (Lipinski definition) is 2. The van der Waals surface area contributed by atoms with Crippen molar-refractivity contribution in [2.45, 2.75) is 32.2 Å². The fourth-order valence-electron chi connectivity index (χ4n) is 3.18. The van der Waals surface area contributed by atoms with E-state index in [1.54, 1.807) is 6.92 Å². The number of carbonyl (C=O) groups excluding carboxylic acids is 1. The van der Waals surface area contributed by atoms with E-state index in [1.165, 1.54) is 17.0 Å². The van der Waals surface area contributed by atoms with Gasteiger partial charge in [0.25, 0.3) is 0 Å². The minimum absolute atomic E-state index is 0.104. The zero-order valence-electron chi connectivity index (χ0n) is 13.4. The number of likely N-dealkylation sites (tertiary alicyclic amines) is 1. The van der Waals surface area contributed by atoms with Gasteiger partial charge in [-0.3, -0.25) is 4.79 Å². The molecule has 2 N–H and O–H groups in total. The van der Waals surface area contributed by atoms with E-state index < -0.39 is 23.5 Å². The molecule has 0 bridgehead atoms. The number of hydrogen-bond acceptors (Lipinski definition) is 5. The molecule has 1 atom stereocenters. The van der Waals surface area contributed by atoms with Gasteiger partial charge in [0.15, 0.2) is 0 Å². The summed E-state index contributed by atoms with van der Waals surface area (Å²) in [5.41, 5.74) is 0.166. The van der Waals surface area contributed by atoms with Crippen LogP contribution >= 0.6 is 11.6 Å². The van der Waals surface area contributed by atoms with Gasteiger partial charge in [-0.1, -0.05) is 11.6 Å². The van der Waals surface area contributed by atoms with Crippen molar-refractivity contribution < 1.29 is 24.2 Å². The number of aromatic hydroxyl groups is 1. The number of aryl methyl sites for hydroxylation is 1. The molecule has 0 radical (unpaired) electrons. The Morgan fingerprint density at radius 1 is 1.40 bits per heavy atom. The average Bonchev–Trinajstić information content (AvgIpc) is 3.03. The molecule has 0 spiro atoms. The quantitative estimate of drug-likeness (QED) is 0.806. The van der Waals surface area contributed by atoms with E-state index in [0.29, 0.717) is 30.3 Å². The second-order valence-corrected chi connectivity index (χ2v) is 6.46. The molecule has 1 amide bonds. The molecule has 3 rings (SSSR count). The molecule has 1 aromatic heterocycles. The second-order valence-electron chi connectivity index (χ2n) is 6.05. The van der Waals surface area contributed by atoms with Gasteiger partial charge in [-0.25, -0.2) is 9.59 Å². The van der Waals surface area contributed by atoms with Crippen LogP contribution in [0.3, 0.4) is 0 Å². The Bertz CT molecular complexity index is 935. The molecule has 1 saturated heterocycles. The molecule has 25 heavy (non-hydrogen) atoms. The third-order valence-corrected chi connectivity index (χ3v) is 4.84. The number of carboxylic acid groups (broad SMARTS) is 1. The Balaban J connectivity index is 1.99. The zero-order chi connectivity index (χ0) is 18.3. The number of aliphatic carboxylic acids is 1. The standard InChI is InChI=1S/C17H16ClNO6/c1-8-9-5-11(18)13(20)7-14(9)25-17(24)10(8)6-15(21)19-4-2-3-12(19)16(22)23/h5,7,12,20H,2-4,6H2,1H3,(H,22,23)/t12-/m0/s1. The summed E-state index contributed by atoms with van der Waals surface area (Å²) >= 11 is 5.90. The molecule has 0 saturated carbocycles. The van der Waals surface area contributed by atoms with Crippen LogP contribution in [0.1, 0.15) is 24.0 Å². The first-order chi connectivity index (χ1) is 11.8. The van der Waals surface area contributed by atoms with Crippen LogP contribution < -0.4 is 5.63 Å². The van der Waals surface area contributed by atoms with Crippen LogP contribution in [0.2, 0.25) is 5.02 Å². The fourth-order valence-corrected chi connectivity index (χ4v) is 3.34. The number of amides is 1. The number of phenols is 1. The molecule has 1 aromatic carbocycles. The topological polar surface area (TPSA) is 108 Å². The SMILES string of the molecule is Cc1c(CC(=O)N2CCC[C@H]2C(=O)O)c(=O)oc2cc(O)c(Cl)cc12. The van der Waals surface area contributed by atoms with Crippen molar-refractivity contribution in [3.05, 3.63) is 38.7 Å². The van der Waals surface area contributed by atoms with Crippen LogP contribution in [0.15, 0.2) is 21.3 Å². The highest BCUT2D eigenvalue weighted by molar-refractivity contribution is 6.32. The number of phenolic OH excluding ortho intramolecular Hbond substituents is 1. The minimum Gasteiger partial charge on any atom is -0.506 e. The molecular weight excluding hydrogens is 350 g/mol. The predicted octanol–water partition coefficient (Wildman–Crippen LogP) is 2.08. The molecule has 0 aliphatic carbocycles. The molecule has 7 nitrogen and oxygen atoms in total. The van der Waals surface area contributed by atoms with E-state index in [1.807, 2.05) is 0 Å². The van der Waals surface area contributed by atoms with Crippen molar-refractivity contribution in [1.82, 2.24) is 4.90 Å². The van der Waals surface area contributed by atoms with E-state index in [9.17, 15) is 24.6 Å². The third-order valence-electron chi connectivity index (χ3n) is 4.54. The molecule has 0 unspecified atom stereocenters. The second kappa shape index (κ2) is 6.40. The maximum Gasteiger partial charge on any atom is 0.340 e. The lowest BCUT2D eigenvalue weighted by Gasteiger charge is -2.21. The van der Waals surface area contributed by atoms with E-state index in [0.717, 1.165) is 0 Å². The van der Waals surface area contributed by atoms with Gasteiger partial charge in [-0.05, 0) is 31.4 Å². The van der Waals surface area contributed by atoms with E-state index >= 15 is 0 Å². The van der Waals surface area contributed by atoms with Gasteiger partial charge >= 0.3 is 11.6 Å². The molecule has 8 heteroatoms. The third kappa shape index (κ3) is 3.07. The van der Waals surface area contributed by atoms with Crippen molar-refractivity contribution in [1.29, 1.82) is 0 Å². The van der Waals surface area contributed by atoms with Crippen LogP contribution in [0, 0.1) is 6.92 Å². The highest BCUT2D eigenvalue weighted by Crippen LogP contribution is 2.31. The molecule has 1 aliphatic rings. The van der Waals surface area contributed by atoms with E-state index in [4.69, 9.17) is 16.0 Å². The smallest absolute Gasteiger partial charge is 0.340 e. The van der Waals surface area contributed by atoms with Crippen molar-refractivity contribution in [3.63, 3.8) is 0 Å². The molecule has 132 valence electrons. The lowest BCUT2D eigenvalue weighted by molar-refractivity contribution is -0.148. The van der Waals surface area contributed by atoms with E-state index in [2.05, 4.69) is 0 Å². The summed E-state index contributed by atoms with van der Waals surface area (Å²) < 4.78 is 5.19. The number of rotatable bonds is 3. The number of fused-ring (bicyclic) bond motifs is 1. The highest BCUT2D eigenvalue weighted by Gasteiger charge is 2.34. The highest BCUT2D eigenvalue weighted by atomic mass is 35.5. The van der Waals surface area contributed by atoms with Crippen LogP contribution in [0.4, 0.5) is 0 Å². The fraction of sp³-hybridized carbons (Fsp3) is 0.353. The van der Waals surface area contributed by atoms with Gasteiger partial charge in [-0.2, -0.15) is 0 Å². The predicted molar refractivity (Wildman–Crippen MR) is 90.0 cm³/mol. The summed E-state index contributed by atoms with van der Waals surface area (Å²) in [6, 6.07) is 1.86. The molecule has 2 aromatic rings. The van der Waals surface area contributed by atoms with Crippen molar-refractivity contribution in [3.8, 4) is 5.75 Å². The van der Waals surface area contributed by atoms with Crippen molar-refractivity contribution in [2.75, 3.05) is 6.54 Å². The van der Waals surface area contributed by atoms with Gasteiger partial charge in [0.1, 0.15) is 17.4 Å². The Morgan fingerprint density at radius 2 is 2.12 bits per heavy atom. The maximum absolute atomic E-state index is 12.5. The minimum atomic E-state index is -1.05. The Hall–Kier alpha value is -2.54. The Kier molecular flexibility index (Phi) is 4.43. The van der Waals surface area contributed by atoms with Gasteiger partial charge in [0.05, 0.1) is 17.0 Å². The monoisotopic (exact) mass is 365 g/mol. The number of halogens is 1. The summed E-state index contributed by atoms with van der Waals surface area (Å²) in [5, 5.41) is 19.4. The maximum atomic E-state index is 12.5. The summed E-state index contributed by atoms with van der Waals surface area (Å²) in [6.45, 7) is 2.02.